The van der Waals surface area contributed by atoms with E-state index >= 15 is 0 Å². The molecule has 0 aromatic rings. The first-order chi connectivity index (χ1) is 24.1. The molecule has 0 heterocycles. The zero-order valence-corrected chi connectivity index (χ0v) is 31.9. The van der Waals surface area contributed by atoms with Crippen LogP contribution in [-0.4, -0.2) is 59.9 Å². The lowest BCUT2D eigenvalue weighted by Gasteiger charge is -2.20. The van der Waals surface area contributed by atoms with E-state index in [-0.39, 0.29) is 19.4 Å². The van der Waals surface area contributed by atoms with Crippen LogP contribution in [0.2, 0.25) is 0 Å². The summed E-state index contributed by atoms with van der Waals surface area (Å²) in [5.74, 6) is -2.45. The number of phosphoric acid groups is 1. The monoisotopic (exact) mass is 729 g/mol. The van der Waals surface area contributed by atoms with E-state index < -0.39 is 51.1 Å². The Bertz CT molecular complexity index is 1000. The van der Waals surface area contributed by atoms with Crippen molar-refractivity contribution in [2.24, 2.45) is 5.73 Å². The lowest BCUT2D eigenvalue weighted by molar-refractivity contribution is -0.161. The molecule has 0 aliphatic heterocycles. The Morgan fingerprint density at radius 1 is 0.620 bits per heavy atom. The number of hydrogen-bond donors (Lipinski definition) is 3. The molecule has 0 aromatic heterocycles. The summed E-state index contributed by atoms with van der Waals surface area (Å²) in [7, 11) is -4.72. The number of carboxylic acids is 1. The molecule has 11 nitrogen and oxygen atoms in total. The van der Waals surface area contributed by atoms with Crippen molar-refractivity contribution in [2.45, 2.75) is 167 Å². The summed E-state index contributed by atoms with van der Waals surface area (Å²) in [5.41, 5.74) is 5.30. The molecule has 0 aromatic carbocycles. The van der Waals surface area contributed by atoms with Gasteiger partial charge < -0.3 is 25.2 Å². The molecule has 0 aliphatic rings. The Labute approximate surface area is 302 Å². The number of rotatable bonds is 35. The Hall–Kier alpha value is -2.30. The second kappa shape index (κ2) is 33.8. The standard InChI is InChI=1S/C38H68NO10P/c1-3-5-7-9-11-13-14-15-16-17-18-19-20-22-24-26-28-30-37(41)49-34(32-47-50(44,45)48-33-35(39)38(42)43)31-46-36(40)29-27-25-23-21-12-10-8-6-4-2/h15-16,18-19,22,24,34-35H,3-14,17,20-21,23,25-33,39H2,1-2H3,(H,42,43)(H,44,45)/b16-15+,19-18+,24-22+/t34-,35-/m0/s1. The van der Waals surface area contributed by atoms with Crippen LogP contribution in [0.15, 0.2) is 36.5 Å². The number of carboxylic acid groups (broad SMARTS) is 1. The number of unbranched alkanes of at least 4 members (excludes halogenated alkanes) is 15. The average Bonchev–Trinajstić information content (AvgIpc) is 3.09. The van der Waals surface area contributed by atoms with E-state index in [1.165, 1.54) is 70.6 Å². The molecule has 0 rings (SSSR count). The topological polar surface area (TPSA) is 172 Å². The number of allylic oxidation sites excluding steroid dienone is 6. The minimum absolute atomic E-state index is 0.0905. The van der Waals surface area contributed by atoms with E-state index in [9.17, 15) is 23.8 Å². The van der Waals surface area contributed by atoms with Crippen molar-refractivity contribution in [3.63, 3.8) is 0 Å². The highest BCUT2D eigenvalue weighted by Gasteiger charge is 2.28. The zero-order valence-electron chi connectivity index (χ0n) is 31.0. The molecular formula is C38H68NO10P. The maximum atomic E-state index is 12.5. The third-order valence-electron chi connectivity index (χ3n) is 7.89. The normalized spacial score (nSPS) is 14.3. The molecule has 0 radical (unpaired) electrons. The van der Waals surface area contributed by atoms with Crippen LogP contribution >= 0.6 is 7.82 Å². The minimum atomic E-state index is -4.72. The van der Waals surface area contributed by atoms with E-state index in [4.69, 9.17) is 24.8 Å². The van der Waals surface area contributed by atoms with Crippen LogP contribution in [-0.2, 0) is 37.5 Å². The molecule has 12 heteroatoms. The van der Waals surface area contributed by atoms with Crippen LogP contribution < -0.4 is 5.73 Å². The fraction of sp³-hybridized carbons (Fsp3) is 0.763. The molecule has 0 amide bonds. The van der Waals surface area contributed by atoms with Crippen molar-refractivity contribution in [2.75, 3.05) is 19.8 Å². The molecular weight excluding hydrogens is 661 g/mol. The summed E-state index contributed by atoms with van der Waals surface area (Å²) in [6.07, 6.45) is 33.8. The third kappa shape index (κ3) is 32.9. The van der Waals surface area contributed by atoms with Gasteiger partial charge in [-0.05, 0) is 44.9 Å². The smallest absolute Gasteiger partial charge is 0.472 e. The Morgan fingerprint density at radius 3 is 1.64 bits per heavy atom. The molecule has 1 unspecified atom stereocenters. The molecule has 0 saturated carbocycles. The van der Waals surface area contributed by atoms with Gasteiger partial charge in [-0.25, -0.2) is 4.57 Å². The van der Waals surface area contributed by atoms with Crippen LogP contribution in [0.1, 0.15) is 155 Å². The number of aliphatic carboxylic acids is 1. The van der Waals surface area contributed by atoms with Crippen molar-refractivity contribution in [3.05, 3.63) is 36.5 Å². The van der Waals surface area contributed by atoms with Crippen LogP contribution in [0.3, 0.4) is 0 Å². The predicted molar refractivity (Wildman–Crippen MR) is 199 cm³/mol. The van der Waals surface area contributed by atoms with E-state index in [0.29, 0.717) is 19.3 Å². The highest BCUT2D eigenvalue weighted by molar-refractivity contribution is 7.47. The minimum Gasteiger partial charge on any atom is -0.480 e. The highest BCUT2D eigenvalue weighted by Crippen LogP contribution is 2.43. The molecule has 0 saturated heterocycles. The van der Waals surface area contributed by atoms with Gasteiger partial charge in [-0.15, -0.1) is 0 Å². The summed E-state index contributed by atoms with van der Waals surface area (Å²) >= 11 is 0. The number of esters is 2. The predicted octanol–water partition coefficient (Wildman–Crippen LogP) is 9.28. The van der Waals surface area contributed by atoms with Crippen molar-refractivity contribution in [3.8, 4) is 0 Å². The number of carbonyl (C=O) groups excluding carboxylic acids is 2. The lowest BCUT2D eigenvalue weighted by Crippen LogP contribution is -2.34. The van der Waals surface area contributed by atoms with E-state index in [1.807, 2.05) is 12.2 Å². The van der Waals surface area contributed by atoms with Gasteiger partial charge in [0, 0.05) is 12.8 Å². The van der Waals surface area contributed by atoms with Crippen molar-refractivity contribution < 1.29 is 47.5 Å². The molecule has 0 aliphatic carbocycles. The quantitative estimate of drug-likeness (QED) is 0.0246. The van der Waals surface area contributed by atoms with E-state index in [1.54, 1.807) is 0 Å². The summed E-state index contributed by atoms with van der Waals surface area (Å²) < 4.78 is 32.4. The lowest BCUT2D eigenvalue weighted by atomic mass is 10.1. The molecule has 0 spiro atoms. The molecule has 0 fully saturated rings. The highest BCUT2D eigenvalue weighted by atomic mass is 31.2. The fourth-order valence-corrected chi connectivity index (χ4v) is 5.62. The summed E-state index contributed by atoms with van der Waals surface area (Å²) in [5, 5.41) is 8.84. The summed E-state index contributed by atoms with van der Waals surface area (Å²) in [6, 6.07) is -1.53. The molecule has 4 N–H and O–H groups in total. The number of nitrogens with two attached hydrogens (primary N) is 1. The van der Waals surface area contributed by atoms with Crippen LogP contribution in [0.4, 0.5) is 0 Å². The maximum absolute atomic E-state index is 12.5. The number of carbonyl (C=O) groups is 3. The van der Waals surface area contributed by atoms with Gasteiger partial charge in [0.05, 0.1) is 13.2 Å². The zero-order chi connectivity index (χ0) is 37.1. The van der Waals surface area contributed by atoms with E-state index in [0.717, 1.165) is 38.5 Å². The van der Waals surface area contributed by atoms with Crippen LogP contribution in [0.25, 0.3) is 0 Å². The van der Waals surface area contributed by atoms with Gasteiger partial charge in [-0.1, -0.05) is 134 Å². The SMILES string of the molecule is CCCCCCCC/C=C/C/C=C/C/C=C/CCCC(=O)O[C@@H](COC(=O)CCCCCCCCCCC)COP(=O)(O)OC[C@H](N)C(=O)O. The van der Waals surface area contributed by atoms with Gasteiger partial charge in [0.15, 0.2) is 6.10 Å². The fourth-order valence-electron chi connectivity index (χ4n) is 4.84. The van der Waals surface area contributed by atoms with Crippen molar-refractivity contribution in [1.82, 2.24) is 0 Å². The van der Waals surface area contributed by atoms with Crippen LogP contribution in [0.5, 0.6) is 0 Å². The first-order valence-corrected chi connectivity index (χ1v) is 20.5. The second-order valence-electron chi connectivity index (χ2n) is 12.7. The van der Waals surface area contributed by atoms with Gasteiger partial charge in [-0.2, -0.15) is 0 Å². The molecule has 50 heavy (non-hydrogen) atoms. The first kappa shape index (κ1) is 47.7. The van der Waals surface area contributed by atoms with Gasteiger partial charge in [0.25, 0.3) is 0 Å². The first-order valence-electron chi connectivity index (χ1n) is 19.0. The molecule has 290 valence electrons. The van der Waals surface area contributed by atoms with E-state index in [2.05, 4.69) is 42.7 Å². The Balaban J connectivity index is 4.52. The number of ether oxygens (including phenoxy) is 2. The van der Waals surface area contributed by atoms with Gasteiger partial charge in [0.2, 0.25) is 0 Å². The van der Waals surface area contributed by atoms with Gasteiger partial charge in [0.1, 0.15) is 12.6 Å². The third-order valence-corrected chi connectivity index (χ3v) is 8.84. The molecule has 0 bridgehead atoms. The molecule has 3 atom stereocenters. The maximum Gasteiger partial charge on any atom is 0.472 e. The largest absolute Gasteiger partial charge is 0.480 e. The van der Waals surface area contributed by atoms with Crippen molar-refractivity contribution in [1.29, 1.82) is 0 Å². The average molecular weight is 730 g/mol. The number of phosphoric ester groups is 1. The van der Waals surface area contributed by atoms with Gasteiger partial charge >= 0.3 is 25.7 Å². The van der Waals surface area contributed by atoms with Gasteiger partial charge in [-0.3, -0.25) is 23.4 Å². The Morgan fingerprint density at radius 2 is 1.08 bits per heavy atom. The number of hydrogen-bond acceptors (Lipinski definition) is 9. The second-order valence-corrected chi connectivity index (χ2v) is 14.2. The summed E-state index contributed by atoms with van der Waals surface area (Å²) in [6.45, 7) is 2.69. The Kier molecular flexibility index (Phi) is 32.3. The van der Waals surface area contributed by atoms with Crippen LogP contribution in [0, 0.1) is 0 Å². The van der Waals surface area contributed by atoms with Crippen molar-refractivity contribution >= 4 is 25.7 Å². The summed E-state index contributed by atoms with van der Waals surface area (Å²) in [4.78, 5) is 45.6.